The average molecular weight is 405 g/mol. The molecule has 0 unspecified atom stereocenters. The molecule has 3 aromatic rings. The highest BCUT2D eigenvalue weighted by Gasteiger charge is 2.09. The van der Waals surface area contributed by atoms with Crippen molar-refractivity contribution in [1.82, 2.24) is 14.7 Å². The van der Waals surface area contributed by atoms with E-state index in [0.29, 0.717) is 13.2 Å². The van der Waals surface area contributed by atoms with E-state index in [1.807, 2.05) is 68.7 Å². The van der Waals surface area contributed by atoms with E-state index in [2.05, 4.69) is 5.10 Å². The molecule has 0 aliphatic carbocycles. The van der Waals surface area contributed by atoms with Crippen molar-refractivity contribution in [2.75, 3.05) is 14.2 Å². The summed E-state index contributed by atoms with van der Waals surface area (Å²) in [6.45, 7) is 2.88. The number of carbonyl (C=O) groups is 1. The summed E-state index contributed by atoms with van der Waals surface area (Å²) in [6, 6.07) is 15.6. The van der Waals surface area contributed by atoms with Gasteiger partial charge in [-0.25, -0.2) is 0 Å². The van der Waals surface area contributed by atoms with Crippen molar-refractivity contribution in [3.8, 4) is 11.5 Å². The molecule has 1 aromatic heterocycles. The highest BCUT2D eigenvalue weighted by Crippen LogP contribution is 2.23. The second kappa shape index (κ2) is 9.78. The maximum atomic E-state index is 12.4. The molecule has 1 heterocycles. The van der Waals surface area contributed by atoms with Crippen LogP contribution in [0.3, 0.4) is 0 Å². The Bertz CT molecular complexity index is 1020. The lowest BCUT2D eigenvalue weighted by Gasteiger charge is -2.13. The predicted octanol–water partition coefficient (Wildman–Crippen LogP) is 3.99. The summed E-state index contributed by atoms with van der Waals surface area (Å²) in [6.07, 6.45) is 5.22. The van der Waals surface area contributed by atoms with Crippen LogP contribution in [0, 0.1) is 6.92 Å². The van der Waals surface area contributed by atoms with Crippen LogP contribution < -0.4 is 9.47 Å². The van der Waals surface area contributed by atoms with Gasteiger partial charge < -0.3 is 14.4 Å². The van der Waals surface area contributed by atoms with Crippen molar-refractivity contribution in [2.24, 2.45) is 7.05 Å². The number of aromatic nitrogens is 2. The van der Waals surface area contributed by atoms with Gasteiger partial charge in [-0.2, -0.15) is 5.10 Å². The first-order valence-corrected chi connectivity index (χ1v) is 9.72. The molecule has 2 aromatic carbocycles. The van der Waals surface area contributed by atoms with Gasteiger partial charge in [0, 0.05) is 31.9 Å². The van der Waals surface area contributed by atoms with Crippen LogP contribution in [0.1, 0.15) is 22.4 Å². The standard InChI is InChI=1S/C24H27N3O3/c1-18-5-9-22(10-6-18)30-17-20-15-19(7-11-23(20)29-4)8-12-24(28)26(2)16-21-13-14-27(3)25-21/h5-15H,16-17H2,1-4H3/b12-8+. The zero-order chi connectivity index (χ0) is 21.5. The number of methoxy groups -OCH3 is 1. The molecule has 0 N–H and O–H groups in total. The minimum Gasteiger partial charge on any atom is -0.496 e. The third-order valence-corrected chi connectivity index (χ3v) is 4.68. The van der Waals surface area contributed by atoms with Crippen molar-refractivity contribution >= 4 is 12.0 Å². The molecular weight excluding hydrogens is 378 g/mol. The van der Waals surface area contributed by atoms with E-state index in [-0.39, 0.29) is 5.91 Å². The van der Waals surface area contributed by atoms with Crippen LogP contribution in [0.15, 0.2) is 60.8 Å². The number of amides is 1. The Morgan fingerprint density at radius 1 is 1.17 bits per heavy atom. The Kier molecular flexibility index (Phi) is 6.91. The van der Waals surface area contributed by atoms with E-state index in [0.717, 1.165) is 28.3 Å². The topological polar surface area (TPSA) is 56.6 Å². The minimum absolute atomic E-state index is 0.0890. The molecule has 3 rings (SSSR count). The lowest BCUT2D eigenvalue weighted by atomic mass is 10.1. The fourth-order valence-corrected chi connectivity index (χ4v) is 2.97. The van der Waals surface area contributed by atoms with Crippen LogP contribution in [-0.4, -0.2) is 34.7 Å². The molecule has 30 heavy (non-hydrogen) atoms. The third-order valence-electron chi connectivity index (χ3n) is 4.68. The van der Waals surface area contributed by atoms with E-state index in [1.54, 1.807) is 35.9 Å². The number of carbonyl (C=O) groups excluding carboxylic acids is 1. The Hall–Kier alpha value is -3.54. The average Bonchev–Trinajstić information content (AvgIpc) is 3.16. The summed E-state index contributed by atoms with van der Waals surface area (Å²) < 4.78 is 13.1. The van der Waals surface area contributed by atoms with Crippen LogP contribution >= 0.6 is 0 Å². The highest BCUT2D eigenvalue weighted by atomic mass is 16.5. The summed E-state index contributed by atoms with van der Waals surface area (Å²) in [7, 11) is 5.25. The second-order valence-electron chi connectivity index (χ2n) is 7.18. The quantitative estimate of drug-likeness (QED) is 0.532. The number of aryl methyl sites for hydroxylation is 2. The van der Waals surface area contributed by atoms with Gasteiger partial charge >= 0.3 is 0 Å². The van der Waals surface area contributed by atoms with Gasteiger partial charge in [-0.15, -0.1) is 0 Å². The Balaban J connectivity index is 1.65. The van der Waals surface area contributed by atoms with Gasteiger partial charge in [0.25, 0.3) is 0 Å². The smallest absolute Gasteiger partial charge is 0.246 e. The van der Waals surface area contributed by atoms with Crippen LogP contribution in [0.5, 0.6) is 11.5 Å². The van der Waals surface area contributed by atoms with Gasteiger partial charge in [-0.1, -0.05) is 23.8 Å². The number of nitrogens with zero attached hydrogens (tertiary/aromatic N) is 3. The molecule has 0 saturated carbocycles. The lowest BCUT2D eigenvalue weighted by Crippen LogP contribution is -2.24. The maximum Gasteiger partial charge on any atom is 0.246 e. The molecule has 0 aliphatic rings. The molecule has 156 valence electrons. The van der Waals surface area contributed by atoms with Crippen molar-refractivity contribution in [1.29, 1.82) is 0 Å². The number of rotatable bonds is 8. The van der Waals surface area contributed by atoms with Gasteiger partial charge in [0.2, 0.25) is 5.91 Å². The van der Waals surface area contributed by atoms with Gasteiger partial charge in [-0.05, 0) is 48.9 Å². The number of benzene rings is 2. The van der Waals surface area contributed by atoms with E-state index in [9.17, 15) is 4.79 Å². The minimum atomic E-state index is -0.0890. The van der Waals surface area contributed by atoms with Crippen molar-refractivity contribution < 1.29 is 14.3 Å². The number of ether oxygens (including phenoxy) is 2. The third kappa shape index (κ3) is 5.73. The van der Waals surface area contributed by atoms with Crippen molar-refractivity contribution in [2.45, 2.75) is 20.1 Å². The van der Waals surface area contributed by atoms with E-state index in [4.69, 9.17) is 9.47 Å². The molecule has 0 aliphatic heterocycles. The van der Waals surface area contributed by atoms with Gasteiger partial charge in [-0.3, -0.25) is 9.48 Å². The fraction of sp³-hybridized carbons (Fsp3) is 0.250. The molecule has 0 saturated heterocycles. The molecule has 6 heteroatoms. The molecule has 6 nitrogen and oxygen atoms in total. The Morgan fingerprint density at radius 2 is 1.93 bits per heavy atom. The summed E-state index contributed by atoms with van der Waals surface area (Å²) in [5, 5.41) is 4.30. The van der Waals surface area contributed by atoms with Gasteiger partial charge in [0.05, 0.1) is 19.3 Å². The molecule has 1 amide bonds. The first-order valence-electron chi connectivity index (χ1n) is 9.72. The summed E-state index contributed by atoms with van der Waals surface area (Å²) >= 11 is 0. The summed E-state index contributed by atoms with van der Waals surface area (Å²) in [5.74, 6) is 1.46. The van der Waals surface area contributed by atoms with Crippen LogP contribution in [0.25, 0.3) is 6.08 Å². The van der Waals surface area contributed by atoms with Gasteiger partial charge in [0.15, 0.2) is 0 Å². The number of hydrogen-bond acceptors (Lipinski definition) is 4. The first kappa shape index (κ1) is 21.2. The fourth-order valence-electron chi connectivity index (χ4n) is 2.97. The SMILES string of the molecule is COc1ccc(/C=C/C(=O)N(C)Cc2ccn(C)n2)cc1COc1ccc(C)cc1. The summed E-state index contributed by atoms with van der Waals surface area (Å²) in [5.41, 5.74) is 3.85. The zero-order valence-corrected chi connectivity index (χ0v) is 17.8. The normalized spacial score (nSPS) is 10.9. The maximum absolute atomic E-state index is 12.4. The van der Waals surface area contributed by atoms with E-state index >= 15 is 0 Å². The number of likely N-dealkylation sites (N-methyl/N-ethyl adjacent to an activating group) is 1. The van der Waals surface area contributed by atoms with E-state index in [1.165, 1.54) is 5.56 Å². The lowest BCUT2D eigenvalue weighted by molar-refractivity contribution is -0.125. The van der Waals surface area contributed by atoms with Crippen molar-refractivity contribution in [3.05, 3.63) is 83.2 Å². The second-order valence-corrected chi connectivity index (χ2v) is 7.18. The van der Waals surface area contributed by atoms with Crippen LogP contribution in [0.4, 0.5) is 0 Å². The van der Waals surface area contributed by atoms with Crippen LogP contribution in [-0.2, 0) is 25.0 Å². The molecule has 0 fully saturated rings. The Morgan fingerprint density at radius 3 is 2.60 bits per heavy atom. The van der Waals surface area contributed by atoms with Crippen LogP contribution in [0.2, 0.25) is 0 Å². The molecule has 0 radical (unpaired) electrons. The van der Waals surface area contributed by atoms with Crippen molar-refractivity contribution in [3.63, 3.8) is 0 Å². The monoisotopic (exact) mass is 405 g/mol. The van der Waals surface area contributed by atoms with E-state index < -0.39 is 0 Å². The molecule has 0 bridgehead atoms. The predicted molar refractivity (Wildman–Crippen MR) is 117 cm³/mol. The largest absolute Gasteiger partial charge is 0.496 e. The number of hydrogen-bond donors (Lipinski definition) is 0. The van der Waals surface area contributed by atoms with Gasteiger partial charge in [0.1, 0.15) is 18.1 Å². The molecular formula is C24H27N3O3. The Labute approximate surface area is 177 Å². The first-order chi connectivity index (χ1) is 14.4. The zero-order valence-electron chi connectivity index (χ0n) is 17.8. The molecule has 0 spiro atoms. The molecule has 0 atom stereocenters. The highest BCUT2D eigenvalue weighted by molar-refractivity contribution is 5.91. The summed E-state index contributed by atoms with van der Waals surface area (Å²) in [4.78, 5) is 14.1.